The highest BCUT2D eigenvalue weighted by Crippen LogP contribution is 2.48. The van der Waals surface area contributed by atoms with Crippen LogP contribution in [0, 0.1) is 11.3 Å². The van der Waals surface area contributed by atoms with Crippen molar-refractivity contribution in [2.45, 2.75) is 53.0 Å². The summed E-state index contributed by atoms with van der Waals surface area (Å²) in [6.07, 6.45) is 3.67. The zero-order valence-electron chi connectivity index (χ0n) is 18.1. The number of hydrogen-bond donors (Lipinski definition) is 2. The molecule has 1 aliphatic carbocycles. The molecule has 28 heavy (non-hydrogen) atoms. The average molecular weight is 503 g/mol. The van der Waals surface area contributed by atoms with Crippen LogP contribution >= 0.6 is 24.0 Å². The number of aliphatic imine (C=N–C) groups is 1. The summed E-state index contributed by atoms with van der Waals surface area (Å²) in [6, 6.07) is 8.49. The van der Waals surface area contributed by atoms with E-state index in [1.807, 2.05) is 26.1 Å². The van der Waals surface area contributed by atoms with Gasteiger partial charge in [0.2, 0.25) is 0 Å². The number of hydrogen-bond acceptors (Lipinski definition) is 3. The van der Waals surface area contributed by atoms with E-state index in [1.165, 1.54) is 18.4 Å². The molecule has 2 rings (SSSR count). The van der Waals surface area contributed by atoms with Crippen molar-refractivity contribution < 1.29 is 9.47 Å². The van der Waals surface area contributed by atoms with Gasteiger partial charge in [-0.15, -0.1) is 24.0 Å². The number of nitrogens with one attached hydrogen (secondary N) is 2. The van der Waals surface area contributed by atoms with E-state index in [2.05, 4.69) is 48.5 Å². The Hall–Kier alpha value is -1.02. The molecule has 2 N–H and O–H groups in total. The minimum absolute atomic E-state index is 0. The number of guanidine groups is 1. The lowest BCUT2D eigenvalue weighted by Crippen LogP contribution is -2.41. The van der Waals surface area contributed by atoms with Gasteiger partial charge in [0.05, 0.1) is 12.6 Å². The molecule has 0 aliphatic heterocycles. The Bertz CT molecular complexity index is 586. The molecule has 1 aromatic rings. The van der Waals surface area contributed by atoms with Crippen LogP contribution in [-0.2, 0) is 4.74 Å². The van der Waals surface area contributed by atoms with Gasteiger partial charge in [-0.1, -0.05) is 26.0 Å². The van der Waals surface area contributed by atoms with Crippen LogP contribution in [0.2, 0.25) is 0 Å². The first-order valence-electron chi connectivity index (χ1n) is 10.3. The molecule has 0 radical (unpaired) electrons. The van der Waals surface area contributed by atoms with Crippen LogP contribution in [0.25, 0.3) is 0 Å². The summed E-state index contributed by atoms with van der Waals surface area (Å²) in [4.78, 5) is 4.39. The van der Waals surface area contributed by atoms with E-state index in [-0.39, 0.29) is 30.0 Å². The molecule has 0 aromatic heterocycles. The monoisotopic (exact) mass is 503 g/mol. The maximum Gasteiger partial charge on any atom is 0.191 e. The Kier molecular flexibility index (Phi) is 11.2. The van der Waals surface area contributed by atoms with Crippen LogP contribution in [0.15, 0.2) is 29.3 Å². The number of halogens is 1. The van der Waals surface area contributed by atoms with Crippen molar-refractivity contribution in [2.24, 2.45) is 16.3 Å². The average Bonchev–Trinajstić information content (AvgIpc) is 3.44. The maximum absolute atomic E-state index is 5.76. The molecule has 0 bridgehead atoms. The van der Waals surface area contributed by atoms with Crippen molar-refractivity contribution >= 4 is 29.9 Å². The number of rotatable bonds is 11. The summed E-state index contributed by atoms with van der Waals surface area (Å²) in [5, 5.41) is 6.99. The first-order chi connectivity index (χ1) is 13.0. The van der Waals surface area contributed by atoms with Gasteiger partial charge in [0.25, 0.3) is 0 Å². The van der Waals surface area contributed by atoms with Crippen molar-refractivity contribution in [3.05, 3.63) is 29.8 Å². The zero-order valence-corrected chi connectivity index (χ0v) is 20.4. The third-order valence-electron chi connectivity index (χ3n) is 5.11. The van der Waals surface area contributed by atoms with Gasteiger partial charge in [-0.05, 0) is 62.1 Å². The Morgan fingerprint density at radius 2 is 1.86 bits per heavy atom. The van der Waals surface area contributed by atoms with Crippen molar-refractivity contribution in [3.63, 3.8) is 0 Å². The second-order valence-corrected chi connectivity index (χ2v) is 8.01. The molecule has 0 heterocycles. The Morgan fingerprint density at radius 3 is 2.39 bits per heavy atom. The highest BCUT2D eigenvalue weighted by Gasteiger charge is 2.42. The van der Waals surface area contributed by atoms with Crippen LogP contribution in [0.5, 0.6) is 5.75 Å². The predicted molar refractivity (Wildman–Crippen MR) is 128 cm³/mol. The van der Waals surface area contributed by atoms with Crippen LogP contribution in [0.1, 0.15) is 58.6 Å². The van der Waals surface area contributed by atoms with Gasteiger partial charge >= 0.3 is 0 Å². The molecule has 1 aromatic carbocycles. The van der Waals surface area contributed by atoms with Crippen LogP contribution in [0.4, 0.5) is 0 Å². The molecule has 6 heteroatoms. The molecule has 5 nitrogen and oxygen atoms in total. The van der Waals surface area contributed by atoms with Crippen LogP contribution in [0.3, 0.4) is 0 Å². The Morgan fingerprint density at radius 1 is 1.18 bits per heavy atom. The summed E-state index contributed by atoms with van der Waals surface area (Å²) in [7, 11) is 1.82. The Balaban J connectivity index is 0.00000392. The summed E-state index contributed by atoms with van der Waals surface area (Å²) in [5.41, 5.74) is 1.61. The van der Waals surface area contributed by atoms with Gasteiger partial charge in [-0.3, -0.25) is 4.99 Å². The molecule has 160 valence electrons. The van der Waals surface area contributed by atoms with Crippen molar-refractivity contribution in [1.29, 1.82) is 0 Å². The van der Waals surface area contributed by atoms with Crippen molar-refractivity contribution in [2.75, 3.05) is 33.4 Å². The third kappa shape index (κ3) is 8.55. The maximum atomic E-state index is 5.76. The SMILES string of the molecule is CCOCCC1(CNC(=NC)NC(C)c2ccc(OCC(C)C)cc2)CC1.I. The molecule has 1 aliphatic rings. The summed E-state index contributed by atoms with van der Waals surface area (Å²) in [6.45, 7) is 11.9. The number of benzene rings is 1. The molecular formula is C22H38IN3O2. The van der Waals surface area contributed by atoms with E-state index < -0.39 is 0 Å². The molecule has 0 spiro atoms. The normalized spacial score (nSPS) is 16.3. The van der Waals surface area contributed by atoms with Gasteiger partial charge < -0.3 is 20.1 Å². The molecule has 0 amide bonds. The fourth-order valence-electron chi connectivity index (χ4n) is 2.99. The van der Waals surface area contributed by atoms with Gasteiger partial charge in [-0.2, -0.15) is 0 Å². The van der Waals surface area contributed by atoms with E-state index >= 15 is 0 Å². The van der Waals surface area contributed by atoms with Gasteiger partial charge in [0, 0.05) is 26.8 Å². The van der Waals surface area contributed by atoms with Crippen LogP contribution < -0.4 is 15.4 Å². The lowest BCUT2D eigenvalue weighted by molar-refractivity contribution is 0.128. The topological polar surface area (TPSA) is 54.9 Å². The molecule has 1 atom stereocenters. The zero-order chi connectivity index (χ0) is 19.7. The van der Waals surface area contributed by atoms with Gasteiger partial charge in [0.15, 0.2) is 5.96 Å². The standard InChI is InChI=1S/C22H37N3O2.HI/c1-6-26-14-13-22(11-12-22)16-24-21(23-5)25-18(4)19-7-9-20(10-8-19)27-15-17(2)3;/h7-10,17-18H,6,11-16H2,1-5H3,(H2,23,24,25);1H. The third-order valence-corrected chi connectivity index (χ3v) is 5.11. The molecular weight excluding hydrogens is 465 g/mol. The number of ether oxygens (including phenoxy) is 2. The lowest BCUT2D eigenvalue weighted by atomic mass is 10.0. The molecule has 0 saturated heterocycles. The highest BCUT2D eigenvalue weighted by atomic mass is 127. The lowest BCUT2D eigenvalue weighted by Gasteiger charge is -2.21. The number of nitrogens with zero attached hydrogens (tertiary/aromatic N) is 1. The fourth-order valence-corrected chi connectivity index (χ4v) is 2.99. The first kappa shape index (κ1) is 25.0. The van der Waals surface area contributed by atoms with E-state index in [4.69, 9.17) is 9.47 Å². The van der Waals surface area contributed by atoms with Crippen molar-refractivity contribution in [3.8, 4) is 5.75 Å². The van der Waals surface area contributed by atoms with E-state index in [1.54, 1.807) is 0 Å². The summed E-state index contributed by atoms with van der Waals surface area (Å²) in [5.74, 6) is 2.31. The molecule has 1 fully saturated rings. The first-order valence-corrected chi connectivity index (χ1v) is 10.3. The minimum atomic E-state index is 0. The quantitative estimate of drug-likeness (QED) is 0.198. The van der Waals surface area contributed by atoms with Crippen molar-refractivity contribution in [1.82, 2.24) is 10.6 Å². The smallest absolute Gasteiger partial charge is 0.191 e. The molecule has 1 saturated carbocycles. The van der Waals surface area contributed by atoms with Crippen LogP contribution in [-0.4, -0.2) is 39.4 Å². The largest absolute Gasteiger partial charge is 0.493 e. The summed E-state index contributed by atoms with van der Waals surface area (Å²) >= 11 is 0. The van der Waals surface area contributed by atoms with E-state index in [0.29, 0.717) is 11.3 Å². The van der Waals surface area contributed by atoms with E-state index in [0.717, 1.165) is 44.5 Å². The second-order valence-electron chi connectivity index (χ2n) is 8.01. The Labute approximate surface area is 188 Å². The fraction of sp³-hybridized carbons (Fsp3) is 0.682. The second kappa shape index (κ2) is 12.5. The molecule has 1 unspecified atom stereocenters. The van der Waals surface area contributed by atoms with E-state index in [9.17, 15) is 0 Å². The van der Waals surface area contributed by atoms with Gasteiger partial charge in [-0.25, -0.2) is 0 Å². The predicted octanol–water partition coefficient (Wildman–Crippen LogP) is 4.77. The van der Waals surface area contributed by atoms with Gasteiger partial charge in [0.1, 0.15) is 5.75 Å². The minimum Gasteiger partial charge on any atom is -0.493 e. The highest BCUT2D eigenvalue weighted by molar-refractivity contribution is 14.0. The summed E-state index contributed by atoms with van der Waals surface area (Å²) < 4.78 is 11.3.